The molecule has 0 bridgehead atoms. The Hall–Kier alpha value is -6.83. The van der Waals surface area contributed by atoms with Gasteiger partial charge in [0, 0.05) is 38.4 Å². The van der Waals surface area contributed by atoms with E-state index in [0.717, 1.165) is 55.6 Å². The molecule has 1 aliphatic carbocycles. The highest BCUT2D eigenvalue weighted by molar-refractivity contribution is 6.11. The quantitative estimate of drug-likeness (QED) is 0.188. The molecule has 52 heavy (non-hydrogen) atoms. The lowest BCUT2D eigenvalue weighted by Gasteiger charge is -2.21. The van der Waals surface area contributed by atoms with Crippen molar-refractivity contribution in [2.75, 3.05) is 0 Å². The van der Waals surface area contributed by atoms with E-state index in [1.54, 1.807) is 0 Å². The molecule has 0 aliphatic heterocycles. The highest BCUT2D eigenvalue weighted by Crippen LogP contribution is 2.51. The van der Waals surface area contributed by atoms with E-state index in [0.29, 0.717) is 11.4 Å². The fraction of sp³-hybridized carbons (Fsp3) is 0.0625. The van der Waals surface area contributed by atoms with Crippen molar-refractivity contribution >= 4 is 32.7 Å². The first kappa shape index (κ1) is 30.0. The van der Waals surface area contributed by atoms with Crippen LogP contribution in [-0.4, -0.2) is 14.5 Å². The molecule has 0 N–H and O–H groups in total. The molecule has 4 nitrogen and oxygen atoms in total. The zero-order valence-corrected chi connectivity index (χ0v) is 28.8. The molecular formula is C48H32N4. The van der Waals surface area contributed by atoms with E-state index < -0.39 is 0 Å². The van der Waals surface area contributed by atoms with Crippen LogP contribution < -0.4 is 0 Å². The third-order valence-corrected chi connectivity index (χ3v) is 10.8. The van der Waals surface area contributed by atoms with E-state index in [4.69, 9.17) is 9.97 Å². The number of fused-ring (bicyclic) bond motifs is 7. The molecule has 0 saturated carbocycles. The molecule has 0 radical (unpaired) electrons. The lowest BCUT2D eigenvalue weighted by Crippen LogP contribution is -2.14. The average molecular weight is 665 g/mol. The highest BCUT2D eigenvalue weighted by Gasteiger charge is 2.36. The van der Waals surface area contributed by atoms with Crippen LogP contribution in [0.2, 0.25) is 0 Å². The first-order valence-corrected chi connectivity index (χ1v) is 17.6. The summed E-state index contributed by atoms with van der Waals surface area (Å²) in [6, 6.07) is 57.6. The molecule has 7 aromatic carbocycles. The number of aromatic nitrogens is 3. The van der Waals surface area contributed by atoms with Crippen molar-refractivity contribution in [2.45, 2.75) is 19.3 Å². The van der Waals surface area contributed by atoms with E-state index in [1.807, 2.05) is 48.5 Å². The topological polar surface area (TPSA) is 54.5 Å². The number of para-hydroxylation sites is 2. The van der Waals surface area contributed by atoms with E-state index in [-0.39, 0.29) is 5.41 Å². The molecule has 0 unspecified atom stereocenters. The van der Waals surface area contributed by atoms with Crippen LogP contribution in [0.5, 0.6) is 0 Å². The zero-order valence-electron chi connectivity index (χ0n) is 28.8. The third-order valence-electron chi connectivity index (χ3n) is 10.8. The molecule has 2 aromatic heterocycles. The summed E-state index contributed by atoms with van der Waals surface area (Å²) in [5.41, 5.74) is 14.7. The van der Waals surface area contributed by atoms with Crippen LogP contribution in [0.3, 0.4) is 0 Å². The summed E-state index contributed by atoms with van der Waals surface area (Å²) in [4.78, 5) is 10.4. The standard InChI is InChI=1S/C48H32N4/c1-48(2)41-20-9-6-17-36(41)39-28-45-40(27-42(39)48)37-18-8-11-22-44(37)52(45)35-25-33(32-16-12-13-30(23-32)29-49)24-34(26-35)47-50-43-21-10-7-19-38(43)46(51-47)31-14-4-3-5-15-31/h3-28H,1-2H3. The number of benzene rings is 7. The van der Waals surface area contributed by atoms with Crippen LogP contribution in [0.15, 0.2) is 158 Å². The van der Waals surface area contributed by atoms with Gasteiger partial charge in [0.2, 0.25) is 0 Å². The van der Waals surface area contributed by atoms with Crippen LogP contribution >= 0.6 is 0 Å². The number of hydrogen-bond donors (Lipinski definition) is 0. The van der Waals surface area contributed by atoms with Gasteiger partial charge in [0.05, 0.1) is 33.9 Å². The maximum absolute atomic E-state index is 9.83. The van der Waals surface area contributed by atoms with Gasteiger partial charge in [-0.25, -0.2) is 9.97 Å². The minimum Gasteiger partial charge on any atom is -0.309 e. The molecule has 244 valence electrons. The third kappa shape index (κ3) is 4.53. The van der Waals surface area contributed by atoms with Crippen molar-refractivity contribution in [1.82, 2.24) is 14.5 Å². The Kier molecular flexibility index (Phi) is 6.55. The summed E-state index contributed by atoms with van der Waals surface area (Å²) in [5, 5.41) is 13.3. The van der Waals surface area contributed by atoms with Crippen LogP contribution in [0.1, 0.15) is 30.5 Å². The first-order valence-electron chi connectivity index (χ1n) is 17.6. The maximum Gasteiger partial charge on any atom is 0.160 e. The number of nitrogens with zero attached hydrogens (tertiary/aromatic N) is 4. The molecule has 1 aliphatic rings. The van der Waals surface area contributed by atoms with Crippen molar-refractivity contribution in [3.05, 3.63) is 174 Å². The van der Waals surface area contributed by atoms with E-state index in [9.17, 15) is 5.26 Å². The lowest BCUT2D eigenvalue weighted by atomic mass is 9.82. The minimum atomic E-state index is -0.105. The van der Waals surface area contributed by atoms with Gasteiger partial charge in [-0.15, -0.1) is 0 Å². The fourth-order valence-electron chi connectivity index (χ4n) is 8.27. The van der Waals surface area contributed by atoms with Gasteiger partial charge in [0.1, 0.15) is 0 Å². The van der Waals surface area contributed by atoms with Gasteiger partial charge in [0.25, 0.3) is 0 Å². The summed E-state index contributed by atoms with van der Waals surface area (Å²) in [6.45, 7) is 4.67. The van der Waals surface area contributed by atoms with Crippen molar-refractivity contribution in [3.63, 3.8) is 0 Å². The van der Waals surface area contributed by atoms with Crippen LogP contribution in [-0.2, 0) is 5.41 Å². The van der Waals surface area contributed by atoms with Gasteiger partial charge in [-0.3, -0.25) is 0 Å². The molecule has 10 rings (SSSR count). The largest absolute Gasteiger partial charge is 0.309 e. The molecule has 0 atom stereocenters. The fourth-order valence-corrected chi connectivity index (χ4v) is 8.27. The van der Waals surface area contributed by atoms with Crippen molar-refractivity contribution in [2.24, 2.45) is 0 Å². The first-order chi connectivity index (χ1) is 25.5. The molecule has 0 saturated heterocycles. The molecule has 2 heterocycles. The summed E-state index contributed by atoms with van der Waals surface area (Å²) in [7, 11) is 0. The van der Waals surface area contributed by atoms with Crippen LogP contribution in [0.4, 0.5) is 0 Å². The molecule has 0 amide bonds. The molecular weight excluding hydrogens is 633 g/mol. The minimum absolute atomic E-state index is 0.105. The summed E-state index contributed by atoms with van der Waals surface area (Å²) < 4.78 is 2.39. The Labute approximate surface area is 301 Å². The van der Waals surface area contributed by atoms with E-state index in [2.05, 4.69) is 134 Å². The van der Waals surface area contributed by atoms with Gasteiger partial charge in [-0.2, -0.15) is 5.26 Å². The van der Waals surface area contributed by atoms with Gasteiger partial charge in [-0.05, 0) is 88.0 Å². The van der Waals surface area contributed by atoms with Crippen molar-refractivity contribution < 1.29 is 0 Å². The summed E-state index contributed by atoms with van der Waals surface area (Å²) in [5.74, 6) is 0.648. The van der Waals surface area contributed by atoms with Crippen molar-refractivity contribution in [3.8, 4) is 56.7 Å². The second-order valence-electron chi connectivity index (χ2n) is 14.2. The van der Waals surface area contributed by atoms with E-state index >= 15 is 0 Å². The van der Waals surface area contributed by atoms with Gasteiger partial charge < -0.3 is 4.57 Å². The Morgan fingerprint density at radius 3 is 2.12 bits per heavy atom. The smallest absolute Gasteiger partial charge is 0.160 e. The number of hydrogen-bond acceptors (Lipinski definition) is 3. The molecule has 9 aromatic rings. The Balaban J connectivity index is 1.28. The zero-order chi connectivity index (χ0) is 35.0. The van der Waals surface area contributed by atoms with Gasteiger partial charge >= 0.3 is 0 Å². The Bertz CT molecular complexity index is 2940. The van der Waals surface area contributed by atoms with Gasteiger partial charge in [0.15, 0.2) is 5.82 Å². The predicted molar refractivity (Wildman–Crippen MR) is 212 cm³/mol. The Morgan fingerprint density at radius 1 is 0.519 bits per heavy atom. The Morgan fingerprint density at radius 2 is 1.25 bits per heavy atom. The average Bonchev–Trinajstić information content (AvgIpc) is 3.64. The maximum atomic E-state index is 9.83. The lowest BCUT2D eigenvalue weighted by molar-refractivity contribution is 0.661. The monoisotopic (exact) mass is 664 g/mol. The van der Waals surface area contributed by atoms with Crippen LogP contribution in [0.25, 0.3) is 83.3 Å². The highest BCUT2D eigenvalue weighted by atomic mass is 15.0. The van der Waals surface area contributed by atoms with Crippen molar-refractivity contribution in [1.29, 1.82) is 5.26 Å². The normalized spacial score (nSPS) is 12.9. The second kappa shape index (κ2) is 11.3. The number of nitriles is 1. The van der Waals surface area contributed by atoms with Crippen LogP contribution in [0, 0.1) is 11.3 Å². The van der Waals surface area contributed by atoms with E-state index in [1.165, 1.54) is 33.0 Å². The number of rotatable bonds is 4. The summed E-state index contributed by atoms with van der Waals surface area (Å²) in [6.07, 6.45) is 0. The van der Waals surface area contributed by atoms with Gasteiger partial charge in [-0.1, -0.05) is 117 Å². The second-order valence-corrected chi connectivity index (χ2v) is 14.2. The molecule has 4 heteroatoms. The molecule has 0 fully saturated rings. The SMILES string of the molecule is CC1(C)c2ccccc2-c2cc3c(cc21)c1ccccc1n3-c1cc(-c2cccc(C#N)c2)cc(-c2nc(-c3ccccc3)c3ccccc3n2)c1. The predicted octanol–water partition coefficient (Wildman–Crippen LogP) is 11.9. The molecule has 0 spiro atoms. The summed E-state index contributed by atoms with van der Waals surface area (Å²) >= 11 is 0.